The second kappa shape index (κ2) is 10.8. The number of nitrogens with zero attached hydrogens (tertiary/aromatic N) is 2. The van der Waals surface area contributed by atoms with Crippen molar-refractivity contribution < 1.29 is 9.59 Å². The lowest BCUT2D eigenvalue weighted by Gasteiger charge is -2.32. The third kappa shape index (κ3) is 6.33. The summed E-state index contributed by atoms with van der Waals surface area (Å²) in [5.74, 6) is -0.0189. The van der Waals surface area contributed by atoms with Gasteiger partial charge in [0, 0.05) is 37.0 Å². The monoisotopic (exact) mass is 415 g/mol. The van der Waals surface area contributed by atoms with Crippen LogP contribution in [0, 0.1) is 0 Å². The molecule has 2 aliphatic rings. The van der Waals surface area contributed by atoms with Crippen molar-refractivity contribution in [3.8, 4) is 0 Å². The number of halogens is 1. The van der Waals surface area contributed by atoms with Crippen LogP contribution in [0.4, 0.5) is 4.79 Å². The van der Waals surface area contributed by atoms with Crippen LogP contribution in [0.5, 0.6) is 0 Å². The van der Waals surface area contributed by atoms with Crippen LogP contribution in [0.3, 0.4) is 0 Å². The zero-order valence-corrected chi connectivity index (χ0v) is 17.2. The van der Waals surface area contributed by atoms with Gasteiger partial charge < -0.3 is 21.3 Å². The fraction of sp³-hybridized carbons (Fsp3) is 0.722. The Morgan fingerprint density at radius 2 is 1.74 bits per heavy atom. The minimum atomic E-state index is -0.0624. The molecule has 1 aromatic rings. The molecule has 3 rings (SSSR count). The molecular weight excluding hydrogens is 386 g/mol. The average molecular weight is 416 g/mol. The fourth-order valence-corrected chi connectivity index (χ4v) is 4.48. The fourth-order valence-electron chi connectivity index (χ4n) is 3.70. The van der Waals surface area contributed by atoms with E-state index in [2.05, 4.69) is 15.6 Å². The first-order valence-electron chi connectivity index (χ1n) is 9.66. The highest BCUT2D eigenvalue weighted by molar-refractivity contribution is 7.09. The summed E-state index contributed by atoms with van der Waals surface area (Å²) in [5, 5.41) is 8.89. The van der Waals surface area contributed by atoms with Crippen LogP contribution in [0.25, 0.3) is 0 Å². The van der Waals surface area contributed by atoms with Gasteiger partial charge in [0.15, 0.2) is 0 Å². The van der Waals surface area contributed by atoms with Crippen LogP contribution in [-0.4, -0.2) is 53.5 Å². The molecule has 7 nitrogen and oxygen atoms in total. The summed E-state index contributed by atoms with van der Waals surface area (Å²) in [4.78, 5) is 30.9. The van der Waals surface area contributed by atoms with E-state index in [1.54, 1.807) is 0 Å². The number of nitrogens with two attached hydrogens (primary N) is 1. The number of nitrogens with one attached hydrogen (secondary N) is 2. The maximum absolute atomic E-state index is 12.5. The summed E-state index contributed by atoms with van der Waals surface area (Å²) in [7, 11) is 0. The molecule has 1 saturated heterocycles. The lowest BCUT2D eigenvalue weighted by molar-refractivity contribution is 0.0703. The maximum atomic E-state index is 12.5. The summed E-state index contributed by atoms with van der Waals surface area (Å²) in [6.45, 7) is 1.84. The quantitative estimate of drug-likeness (QED) is 0.686. The third-order valence-corrected chi connectivity index (χ3v) is 6.10. The molecule has 152 valence electrons. The largest absolute Gasteiger partial charge is 0.337 e. The van der Waals surface area contributed by atoms with Gasteiger partial charge in [0.25, 0.3) is 5.91 Å². The van der Waals surface area contributed by atoms with Gasteiger partial charge in [-0.05, 0) is 32.2 Å². The molecule has 0 radical (unpaired) electrons. The predicted octanol–water partition coefficient (Wildman–Crippen LogP) is 2.30. The molecule has 9 heteroatoms. The predicted molar refractivity (Wildman–Crippen MR) is 110 cm³/mol. The van der Waals surface area contributed by atoms with Crippen molar-refractivity contribution in [2.24, 2.45) is 5.73 Å². The second-order valence-electron chi connectivity index (χ2n) is 7.18. The molecule has 0 bridgehead atoms. The molecule has 1 saturated carbocycles. The number of thiazole rings is 1. The summed E-state index contributed by atoms with van der Waals surface area (Å²) in [5.41, 5.74) is 6.05. The highest BCUT2D eigenvalue weighted by atomic mass is 35.5. The van der Waals surface area contributed by atoms with E-state index in [0.29, 0.717) is 37.8 Å². The van der Waals surface area contributed by atoms with E-state index in [1.165, 1.54) is 30.6 Å². The van der Waals surface area contributed by atoms with Gasteiger partial charge in [-0.2, -0.15) is 0 Å². The minimum Gasteiger partial charge on any atom is -0.337 e. The van der Waals surface area contributed by atoms with E-state index in [0.717, 1.165) is 30.7 Å². The zero-order valence-electron chi connectivity index (χ0n) is 15.6. The Kier molecular flexibility index (Phi) is 8.79. The Balaban J connectivity index is 0.00000261. The lowest BCUT2D eigenvalue weighted by atomic mass is 9.96. The Labute approximate surface area is 170 Å². The van der Waals surface area contributed by atoms with Crippen molar-refractivity contribution in [3.63, 3.8) is 0 Å². The molecule has 2 heterocycles. The molecule has 1 aromatic heterocycles. The first kappa shape index (κ1) is 21.9. The van der Waals surface area contributed by atoms with Gasteiger partial charge in [-0.25, -0.2) is 9.78 Å². The van der Waals surface area contributed by atoms with Gasteiger partial charge in [0.2, 0.25) is 0 Å². The van der Waals surface area contributed by atoms with Crippen molar-refractivity contribution >= 4 is 35.7 Å². The molecule has 0 atom stereocenters. The Morgan fingerprint density at radius 3 is 2.37 bits per heavy atom. The minimum absolute atomic E-state index is 0. The first-order chi connectivity index (χ1) is 12.7. The standard InChI is InChI=1S/C18H29N5O2S.ClH/c19-9-6-16-22-15(12-26-16)17(24)23-10-7-14(8-11-23)21-18(25)20-13-4-2-1-3-5-13;/h12-14H,1-11,19H2,(H2,20,21,25);1H. The molecule has 4 N–H and O–H groups in total. The topological polar surface area (TPSA) is 100 Å². The van der Waals surface area contributed by atoms with Gasteiger partial charge >= 0.3 is 6.03 Å². The average Bonchev–Trinajstić information content (AvgIpc) is 3.11. The SMILES string of the molecule is Cl.NCCc1nc(C(=O)N2CCC(NC(=O)NC3CCCCC3)CC2)cs1. The van der Waals surface area contributed by atoms with Crippen LogP contribution in [0.1, 0.15) is 60.4 Å². The number of carbonyl (C=O) groups excluding carboxylic acids is 2. The number of aromatic nitrogens is 1. The van der Waals surface area contributed by atoms with E-state index in [1.807, 2.05) is 10.3 Å². The molecular formula is C18H30ClN5O2S. The van der Waals surface area contributed by atoms with Gasteiger partial charge in [-0.15, -0.1) is 23.7 Å². The molecule has 27 heavy (non-hydrogen) atoms. The number of urea groups is 1. The molecule has 0 spiro atoms. The van der Waals surface area contributed by atoms with Crippen LogP contribution >= 0.6 is 23.7 Å². The summed E-state index contributed by atoms with van der Waals surface area (Å²) < 4.78 is 0. The Bertz CT molecular complexity index is 613. The van der Waals surface area contributed by atoms with Crippen LogP contribution in [0.2, 0.25) is 0 Å². The van der Waals surface area contributed by atoms with Gasteiger partial charge in [-0.3, -0.25) is 4.79 Å². The maximum Gasteiger partial charge on any atom is 0.315 e. The molecule has 1 aliphatic heterocycles. The van der Waals surface area contributed by atoms with Crippen molar-refractivity contribution in [1.29, 1.82) is 0 Å². The Hall–Kier alpha value is -1.38. The number of hydrogen-bond acceptors (Lipinski definition) is 5. The number of likely N-dealkylation sites (tertiary alicyclic amines) is 1. The number of carbonyl (C=O) groups is 2. The first-order valence-corrected chi connectivity index (χ1v) is 10.5. The van der Waals surface area contributed by atoms with Crippen molar-refractivity contribution in [2.45, 2.75) is 63.5 Å². The lowest BCUT2D eigenvalue weighted by Crippen LogP contribution is -2.51. The van der Waals surface area contributed by atoms with Crippen molar-refractivity contribution in [2.75, 3.05) is 19.6 Å². The van der Waals surface area contributed by atoms with Crippen molar-refractivity contribution in [3.05, 3.63) is 16.1 Å². The number of piperidine rings is 1. The number of rotatable bonds is 5. The number of hydrogen-bond donors (Lipinski definition) is 3. The third-order valence-electron chi connectivity index (χ3n) is 5.19. The zero-order chi connectivity index (χ0) is 18.4. The Morgan fingerprint density at radius 1 is 1.11 bits per heavy atom. The molecule has 2 fully saturated rings. The molecule has 3 amide bonds. The highest BCUT2D eigenvalue weighted by Crippen LogP contribution is 2.18. The van der Waals surface area contributed by atoms with E-state index >= 15 is 0 Å². The summed E-state index contributed by atoms with van der Waals surface area (Å²) >= 11 is 1.49. The van der Waals surface area contributed by atoms with E-state index in [4.69, 9.17) is 5.73 Å². The van der Waals surface area contributed by atoms with E-state index in [-0.39, 0.29) is 30.4 Å². The van der Waals surface area contributed by atoms with Gasteiger partial charge in [0.1, 0.15) is 5.69 Å². The summed E-state index contributed by atoms with van der Waals surface area (Å²) in [6, 6.07) is 0.385. The van der Waals surface area contributed by atoms with Crippen LogP contribution in [0.15, 0.2) is 5.38 Å². The highest BCUT2D eigenvalue weighted by Gasteiger charge is 2.26. The van der Waals surface area contributed by atoms with Gasteiger partial charge in [0.05, 0.1) is 5.01 Å². The number of amides is 3. The smallest absolute Gasteiger partial charge is 0.315 e. The van der Waals surface area contributed by atoms with E-state index in [9.17, 15) is 9.59 Å². The van der Waals surface area contributed by atoms with Gasteiger partial charge in [-0.1, -0.05) is 19.3 Å². The molecule has 0 aromatic carbocycles. The molecule has 1 aliphatic carbocycles. The van der Waals surface area contributed by atoms with Crippen LogP contribution < -0.4 is 16.4 Å². The van der Waals surface area contributed by atoms with E-state index < -0.39 is 0 Å². The second-order valence-corrected chi connectivity index (χ2v) is 8.13. The van der Waals surface area contributed by atoms with Crippen molar-refractivity contribution in [1.82, 2.24) is 20.5 Å². The normalized spacial score (nSPS) is 18.6. The summed E-state index contributed by atoms with van der Waals surface area (Å²) in [6.07, 6.45) is 8.12. The molecule has 0 unspecified atom stereocenters. The van der Waals surface area contributed by atoms with Crippen LogP contribution in [-0.2, 0) is 6.42 Å².